The molecule has 0 saturated carbocycles. The highest BCUT2D eigenvalue weighted by atomic mass is 35.5. The number of hydrogen-bond donors (Lipinski definition) is 2. The van der Waals surface area contributed by atoms with Crippen molar-refractivity contribution < 1.29 is 22.4 Å². The van der Waals surface area contributed by atoms with Crippen molar-refractivity contribution in [1.82, 2.24) is 9.73 Å². The van der Waals surface area contributed by atoms with Gasteiger partial charge in [0, 0.05) is 27.3 Å². The summed E-state index contributed by atoms with van der Waals surface area (Å²) < 4.78 is 34.0. The molecule has 2 N–H and O–H groups in total. The standard InChI is InChI=1S/C27H19Cl5N4O5S/c28-17-2-6-23(7-3-17)42(39,40)36(14-16-1-8-24(31)25(32)9-16)15-22-5-4-21(41-22)13-33-35-27(38)26(37)34-20-11-18(29)10-19(30)12-20/h1-13H,14-15H2,(H,34,37)(H,35,38)/b33-13+. The number of carbonyl (C=O) groups is 2. The minimum atomic E-state index is -4.01. The predicted molar refractivity (Wildman–Crippen MR) is 164 cm³/mol. The van der Waals surface area contributed by atoms with E-state index in [9.17, 15) is 18.0 Å². The Morgan fingerprint density at radius 1 is 0.786 bits per heavy atom. The van der Waals surface area contributed by atoms with E-state index in [1.807, 2.05) is 0 Å². The summed E-state index contributed by atoms with van der Waals surface area (Å²) in [4.78, 5) is 24.3. The molecule has 4 aromatic rings. The SMILES string of the molecule is O=C(N/N=C/c1ccc(CN(Cc2ccc(Cl)c(Cl)c2)S(=O)(=O)c2ccc(Cl)cc2)o1)C(=O)Nc1cc(Cl)cc(Cl)c1. The van der Waals surface area contributed by atoms with E-state index in [1.165, 1.54) is 52.8 Å². The fourth-order valence-electron chi connectivity index (χ4n) is 3.56. The quantitative estimate of drug-likeness (QED) is 0.111. The second-order valence-electron chi connectivity index (χ2n) is 8.59. The van der Waals surface area contributed by atoms with Gasteiger partial charge in [0.15, 0.2) is 0 Å². The summed E-state index contributed by atoms with van der Waals surface area (Å²) >= 11 is 29.9. The first kappa shape index (κ1) is 31.8. The van der Waals surface area contributed by atoms with E-state index in [4.69, 9.17) is 62.4 Å². The molecule has 0 saturated heterocycles. The van der Waals surface area contributed by atoms with E-state index in [0.717, 1.165) is 6.21 Å². The highest BCUT2D eigenvalue weighted by Gasteiger charge is 2.26. The summed E-state index contributed by atoms with van der Waals surface area (Å²) in [5.74, 6) is -1.60. The topological polar surface area (TPSA) is 121 Å². The van der Waals surface area contributed by atoms with Gasteiger partial charge in [-0.2, -0.15) is 9.41 Å². The van der Waals surface area contributed by atoms with Crippen molar-refractivity contribution in [3.8, 4) is 0 Å². The number of rotatable bonds is 9. The van der Waals surface area contributed by atoms with E-state index in [-0.39, 0.29) is 50.3 Å². The summed E-state index contributed by atoms with van der Waals surface area (Å²) in [5, 5.41) is 7.63. The molecule has 9 nitrogen and oxygen atoms in total. The van der Waals surface area contributed by atoms with Crippen molar-refractivity contribution in [1.29, 1.82) is 0 Å². The van der Waals surface area contributed by atoms with Crippen LogP contribution >= 0.6 is 58.0 Å². The molecule has 0 unspecified atom stereocenters. The summed E-state index contributed by atoms with van der Waals surface area (Å²) in [7, 11) is -4.01. The molecule has 0 spiro atoms. The lowest BCUT2D eigenvalue weighted by molar-refractivity contribution is -0.136. The fraction of sp³-hybridized carbons (Fsp3) is 0.0741. The molecule has 2 amide bonds. The second kappa shape index (κ2) is 13.9. The molecule has 0 aliphatic heterocycles. The number of nitrogens with zero attached hydrogens (tertiary/aromatic N) is 2. The van der Waals surface area contributed by atoms with Crippen LogP contribution < -0.4 is 10.7 Å². The molecule has 0 bridgehead atoms. The summed E-state index contributed by atoms with van der Waals surface area (Å²) in [6.07, 6.45) is 1.15. The van der Waals surface area contributed by atoms with Crippen LogP contribution in [0.25, 0.3) is 0 Å². The van der Waals surface area contributed by atoms with Gasteiger partial charge in [-0.15, -0.1) is 0 Å². The van der Waals surface area contributed by atoms with Crippen LogP contribution in [0.2, 0.25) is 25.1 Å². The van der Waals surface area contributed by atoms with Gasteiger partial charge in [-0.1, -0.05) is 64.1 Å². The molecule has 0 aliphatic carbocycles. The Kier molecular flexibility index (Phi) is 10.6. The lowest BCUT2D eigenvalue weighted by Crippen LogP contribution is -2.32. The van der Waals surface area contributed by atoms with Crippen LogP contribution in [-0.4, -0.2) is 30.8 Å². The third kappa shape index (κ3) is 8.48. The Labute approximate surface area is 266 Å². The zero-order valence-electron chi connectivity index (χ0n) is 21.2. The van der Waals surface area contributed by atoms with Gasteiger partial charge < -0.3 is 9.73 Å². The van der Waals surface area contributed by atoms with Crippen molar-refractivity contribution >= 4 is 91.7 Å². The molecule has 42 heavy (non-hydrogen) atoms. The van der Waals surface area contributed by atoms with Gasteiger partial charge in [0.05, 0.1) is 27.7 Å². The van der Waals surface area contributed by atoms with Crippen LogP contribution in [0.3, 0.4) is 0 Å². The minimum Gasteiger partial charge on any atom is -0.459 e. The van der Waals surface area contributed by atoms with Crippen molar-refractivity contribution in [3.63, 3.8) is 0 Å². The van der Waals surface area contributed by atoms with Gasteiger partial charge in [0.1, 0.15) is 11.5 Å². The first-order valence-corrected chi connectivity index (χ1v) is 15.1. The van der Waals surface area contributed by atoms with Crippen LogP contribution in [0.1, 0.15) is 17.1 Å². The molecule has 4 rings (SSSR count). The number of benzene rings is 3. The summed E-state index contributed by atoms with van der Waals surface area (Å²) in [6, 6.07) is 18.0. The molecule has 0 fully saturated rings. The van der Waals surface area contributed by atoms with Gasteiger partial charge in [-0.25, -0.2) is 13.8 Å². The highest BCUT2D eigenvalue weighted by Crippen LogP contribution is 2.27. The van der Waals surface area contributed by atoms with E-state index in [1.54, 1.807) is 24.3 Å². The first-order valence-electron chi connectivity index (χ1n) is 11.8. The Morgan fingerprint density at radius 2 is 1.48 bits per heavy atom. The molecular weight excluding hydrogens is 670 g/mol. The van der Waals surface area contributed by atoms with Crippen LogP contribution in [0.5, 0.6) is 0 Å². The third-order valence-corrected chi connectivity index (χ3v) is 8.73. The van der Waals surface area contributed by atoms with Gasteiger partial charge in [-0.05, 0) is 72.3 Å². The normalized spacial score (nSPS) is 11.7. The van der Waals surface area contributed by atoms with Crippen LogP contribution in [0, 0.1) is 0 Å². The maximum absolute atomic E-state index is 13.5. The monoisotopic (exact) mass is 686 g/mol. The molecule has 1 aromatic heterocycles. The smallest absolute Gasteiger partial charge is 0.329 e. The molecule has 1 heterocycles. The van der Waals surface area contributed by atoms with Gasteiger partial charge in [0.2, 0.25) is 10.0 Å². The van der Waals surface area contributed by atoms with Crippen molar-refractivity contribution in [2.75, 3.05) is 5.32 Å². The lowest BCUT2D eigenvalue weighted by atomic mass is 10.2. The van der Waals surface area contributed by atoms with Crippen molar-refractivity contribution in [2.24, 2.45) is 5.10 Å². The number of amides is 2. The van der Waals surface area contributed by atoms with Gasteiger partial charge >= 0.3 is 11.8 Å². The Morgan fingerprint density at radius 3 is 2.14 bits per heavy atom. The number of furan rings is 1. The highest BCUT2D eigenvalue weighted by molar-refractivity contribution is 7.89. The Balaban J connectivity index is 1.46. The number of halogens is 5. The van der Waals surface area contributed by atoms with Crippen LogP contribution in [-0.2, 0) is 32.7 Å². The molecular formula is C27H19Cl5N4O5S. The van der Waals surface area contributed by atoms with Crippen LogP contribution in [0.4, 0.5) is 5.69 Å². The first-order chi connectivity index (χ1) is 19.9. The number of anilines is 1. The molecule has 15 heteroatoms. The van der Waals surface area contributed by atoms with E-state index < -0.39 is 21.8 Å². The number of nitrogens with one attached hydrogen (secondary N) is 2. The second-order valence-corrected chi connectivity index (χ2v) is 12.7. The lowest BCUT2D eigenvalue weighted by Gasteiger charge is -2.22. The van der Waals surface area contributed by atoms with E-state index >= 15 is 0 Å². The number of carbonyl (C=O) groups excluding carboxylic acids is 2. The summed E-state index contributed by atoms with van der Waals surface area (Å²) in [5.41, 5.74) is 2.90. The average Bonchev–Trinajstić information content (AvgIpc) is 3.37. The van der Waals surface area contributed by atoms with Gasteiger partial charge in [-0.3, -0.25) is 9.59 Å². The van der Waals surface area contributed by atoms with Crippen molar-refractivity contribution in [3.05, 3.63) is 115 Å². The van der Waals surface area contributed by atoms with Gasteiger partial charge in [0.25, 0.3) is 0 Å². The zero-order chi connectivity index (χ0) is 30.4. The average molecular weight is 689 g/mol. The molecule has 218 valence electrons. The molecule has 0 radical (unpaired) electrons. The van der Waals surface area contributed by atoms with Crippen LogP contribution in [0.15, 0.2) is 87.2 Å². The fourth-order valence-corrected chi connectivity index (χ4v) is 5.93. The third-order valence-electron chi connectivity index (χ3n) is 5.49. The number of hydrogen-bond acceptors (Lipinski definition) is 6. The molecule has 0 aliphatic rings. The zero-order valence-corrected chi connectivity index (χ0v) is 25.7. The number of sulfonamides is 1. The number of hydrazone groups is 1. The van der Waals surface area contributed by atoms with Crippen molar-refractivity contribution in [2.45, 2.75) is 18.0 Å². The molecule has 0 atom stereocenters. The predicted octanol–water partition coefficient (Wildman–Crippen LogP) is 7.03. The largest absolute Gasteiger partial charge is 0.459 e. The summed E-state index contributed by atoms with van der Waals surface area (Å²) in [6.45, 7) is -0.203. The van der Waals surface area contributed by atoms with E-state index in [0.29, 0.717) is 15.6 Å². The van der Waals surface area contributed by atoms with E-state index in [2.05, 4.69) is 15.8 Å². The maximum Gasteiger partial charge on any atom is 0.329 e. The Bertz CT molecular complexity index is 1740. The Hall–Kier alpha value is -3.09. The molecule has 3 aromatic carbocycles. The minimum absolute atomic E-state index is 0.0290. The maximum atomic E-state index is 13.5.